The van der Waals surface area contributed by atoms with Crippen LogP contribution in [0, 0.1) is 13.8 Å². The Kier molecular flexibility index (Phi) is 4.09. The Hall–Kier alpha value is -1.87. The van der Waals surface area contributed by atoms with Gasteiger partial charge in [-0.2, -0.15) is 0 Å². The summed E-state index contributed by atoms with van der Waals surface area (Å²) in [5, 5.41) is 0. The molecule has 1 aromatic heterocycles. The van der Waals surface area contributed by atoms with Gasteiger partial charge in [0.25, 0.3) is 5.56 Å². The summed E-state index contributed by atoms with van der Waals surface area (Å²) in [5.74, 6) is 0. The van der Waals surface area contributed by atoms with Gasteiger partial charge in [0.1, 0.15) is 0 Å². The van der Waals surface area contributed by atoms with Gasteiger partial charge in [-0.05, 0) is 44.9 Å². The Morgan fingerprint density at radius 3 is 2.25 bits per heavy atom. The summed E-state index contributed by atoms with van der Waals surface area (Å²) in [6.45, 7) is 8.34. The Balaban J connectivity index is 2.75. The van der Waals surface area contributed by atoms with Crippen LogP contribution >= 0.6 is 0 Å². The van der Waals surface area contributed by atoms with E-state index in [1.807, 2.05) is 25.3 Å². The molecule has 0 bridgehead atoms. The molecule has 0 unspecified atom stereocenters. The molecule has 0 radical (unpaired) electrons. The van der Waals surface area contributed by atoms with Gasteiger partial charge < -0.3 is 10.3 Å². The van der Waals surface area contributed by atoms with Gasteiger partial charge in [-0.15, -0.1) is 0 Å². The fraction of sp³-hybridized carbons (Fsp3) is 0.353. The van der Waals surface area contributed by atoms with Crippen molar-refractivity contribution in [3.8, 4) is 11.3 Å². The number of aryl methyl sites for hydroxylation is 2. The minimum absolute atomic E-state index is 0.0260. The van der Waals surface area contributed by atoms with Gasteiger partial charge in [0.2, 0.25) is 0 Å². The molecule has 0 saturated carbocycles. The van der Waals surface area contributed by atoms with Crippen molar-refractivity contribution < 1.29 is 0 Å². The number of pyridine rings is 1. The van der Waals surface area contributed by atoms with Crippen LogP contribution in [-0.2, 0) is 6.54 Å². The van der Waals surface area contributed by atoms with E-state index in [2.05, 4.69) is 37.3 Å². The lowest BCUT2D eigenvalue weighted by molar-refractivity contribution is 0.578. The number of hydrogen-bond acceptors (Lipinski definition) is 2. The zero-order chi connectivity index (χ0) is 14.9. The normalized spacial score (nSPS) is 11.1. The number of hydrogen-bond donors (Lipinski definition) is 1. The van der Waals surface area contributed by atoms with Crippen molar-refractivity contribution in [1.82, 2.24) is 4.57 Å². The second-order valence-electron chi connectivity index (χ2n) is 5.53. The van der Waals surface area contributed by atoms with Gasteiger partial charge in [-0.25, -0.2) is 0 Å². The molecule has 0 amide bonds. The van der Waals surface area contributed by atoms with Crippen LogP contribution in [0.1, 0.15) is 36.6 Å². The number of nitrogens with zero attached hydrogens (tertiary/aromatic N) is 1. The molecule has 0 aliphatic rings. The van der Waals surface area contributed by atoms with E-state index in [1.165, 1.54) is 5.56 Å². The molecule has 1 aromatic carbocycles. The first kappa shape index (κ1) is 14.5. The molecule has 0 saturated heterocycles. The summed E-state index contributed by atoms with van der Waals surface area (Å²) in [4.78, 5) is 12.6. The molecule has 3 nitrogen and oxygen atoms in total. The highest BCUT2D eigenvalue weighted by molar-refractivity contribution is 5.61. The molecule has 0 aliphatic heterocycles. The van der Waals surface area contributed by atoms with E-state index < -0.39 is 0 Å². The molecule has 20 heavy (non-hydrogen) atoms. The maximum absolute atomic E-state index is 12.6. The van der Waals surface area contributed by atoms with Gasteiger partial charge in [0.05, 0.1) is 5.69 Å². The van der Waals surface area contributed by atoms with Crippen LogP contribution in [0.3, 0.4) is 0 Å². The lowest BCUT2D eigenvalue weighted by atomic mass is 10.0. The molecule has 3 heteroatoms. The van der Waals surface area contributed by atoms with Crippen molar-refractivity contribution in [3.63, 3.8) is 0 Å². The first-order valence-electron chi connectivity index (χ1n) is 6.97. The summed E-state index contributed by atoms with van der Waals surface area (Å²) in [5.41, 5.74) is 10.6. The SMILES string of the molecule is Cc1ccc(-c2cc(C)c(CN)c(=O)n2C(C)C)cc1. The molecule has 1 heterocycles. The van der Waals surface area contributed by atoms with Gasteiger partial charge in [-0.3, -0.25) is 4.79 Å². The summed E-state index contributed by atoms with van der Waals surface area (Å²) in [7, 11) is 0. The summed E-state index contributed by atoms with van der Waals surface area (Å²) >= 11 is 0. The lowest BCUT2D eigenvalue weighted by Crippen LogP contribution is -2.29. The number of rotatable bonds is 3. The van der Waals surface area contributed by atoms with Crippen LogP contribution in [0.5, 0.6) is 0 Å². The quantitative estimate of drug-likeness (QED) is 0.931. The van der Waals surface area contributed by atoms with E-state index in [0.717, 1.165) is 16.8 Å². The molecular formula is C17H22N2O. The second-order valence-corrected chi connectivity index (χ2v) is 5.53. The maximum Gasteiger partial charge on any atom is 0.256 e. The van der Waals surface area contributed by atoms with E-state index in [4.69, 9.17) is 5.73 Å². The Morgan fingerprint density at radius 1 is 1.15 bits per heavy atom. The molecule has 0 atom stereocenters. The molecule has 2 N–H and O–H groups in total. The smallest absolute Gasteiger partial charge is 0.256 e. The maximum atomic E-state index is 12.6. The van der Waals surface area contributed by atoms with E-state index >= 15 is 0 Å². The molecule has 2 rings (SSSR count). The van der Waals surface area contributed by atoms with Crippen LogP contribution in [0.25, 0.3) is 11.3 Å². The van der Waals surface area contributed by atoms with E-state index in [-0.39, 0.29) is 18.1 Å². The third-order valence-corrected chi connectivity index (χ3v) is 3.63. The molecule has 0 aliphatic carbocycles. The molecule has 0 spiro atoms. The highest BCUT2D eigenvalue weighted by Gasteiger charge is 2.14. The zero-order valence-electron chi connectivity index (χ0n) is 12.6. The van der Waals surface area contributed by atoms with E-state index in [0.29, 0.717) is 5.56 Å². The first-order valence-corrected chi connectivity index (χ1v) is 6.97. The van der Waals surface area contributed by atoms with E-state index in [1.54, 1.807) is 0 Å². The average Bonchev–Trinajstić information content (AvgIpc) is 2.38. The average molecular weight is 270 g/mol. The topological polar surface area (TPSA) is 48.0 Å². The second kappa shape index (κ2) is 5.63. The number of benzene rings is 1. The van der Waals surface area contributed by atoms with Crippen LogP contribution < -0.4 is 11.3 Å². The Labute approximate surface area is 120 Å². The molecule has 2 aromatic rings. The van der Waals surface area contributed by atoms with Crippen molar-refractivity contribution in [2.45, 2.75) is 40.3 Å². The predicted octanol–water partition coefficient (Wildman–Crippen LogP) is 3.17. The monoisotopic (exact) mass is 270 g/mol. The van der Waals surface area contributed by atoms with Crippen molar-refractivity contribution in [3.05, 3.63) is 57.4 Å². The zero-order valence-corrected chi connectivity index (χ0v) is 12.6. The summed E-state index contributed by atoms with van der Waals surface area (Å²) in [6.07, 6.45) is 0. The third-order valence-electron chi connectivity index (χ3n) is 3.63. The highest BCUT2D eigenvalue weighted by atomic mass is 16.1. The van der Waals surface area contributed by atoms with Crippen molar-refractivity contribution in [2.75, 3.05) is 0 Å². The van der Waals surface area contributed by atoms with Gasteiger partial charge in [-0.1, -0.05) is 29.8 Å². The van der Waals surface area contributed by atoms with Gasteiger partial charge >= 0.3 is 0 Å². The van der Waals surface area contributed by atoms with Gasteiger partial charge in [0, 0.05) is 18.2 Å². The molecular weight excluding hydrogens is 248 g/mol. The molecule has 106 valence electrons. The fourth-order valence-electron chi connectivity index (χ4n) is 2.49. The van der Waals surface area contributed by atoms with Crippen molar-refractivity contribution in [1.29, 1.82) is 0 Å². The van der Waals surface area contributed by atoms with Crippen LogP contribution in [0.15, 0.2) is 35.1 Å². The van der Waals surface area contributed by atoms with Gasteiger partial charge in [0.15, 0.2) is 0 Å². The summed E-state index contributed by atoms with van der Waals surface area (Å²) in [6, 6.07) is 10.4. The van der Waals surface area contributed by atoms with Crippen LogP contribution in [0.2, 0.25) is 0 Å². The third kappa shape index (κ3) is 2.54. The standard InChI is InChI=1S/C17H22N2O/c1-11(2)19-16(14-7-5-12(3)6-8-14)9-13(4)15(10-18)17(19)20/h5-9,11H,10,18H2,1-4H3. The number of aromatic nitrogens is 1. The molecule has 0 fully saturated rings. The minimum atomic E-state index is 0.0260. The predicted molar refractivity (Wildman–Crippen MR) is 83.9 cm³/mol. The number of nitrogens with two attached hydrogens (primary N) is 1. The first-order chi connectivity index (χ1) is 9.45. The Morgan fingerprint density at radius 2 is 1.75 bits per heavy atom. The van der Waals surface area contributed by atoms with Crippen molar-refractivity contribution >= 4 is 0 Å². The fourth-order valence-corrected chi connectivity index (χ4v) is 2.49. The highest BCUT2D eigenvalue weighted by Crippen LogP contribution is 2.23. The minimum Gasteiger partial charge on any atom is -0.326 e. The van der Waals surface area contributed by atoms with Crippen molar-refractivity contribution in [2.24, 2.45) is 5.73 Å². The van der Waals surface area contributed by atoms with E-state index in [9.17, 15) is 4.79 Å². The largest absolute Gasteiger partial charge is 0.326 e. The van der Waals surface area contributed by atoms with Crippen LogP contribution in [-0.4, -0.2) is 4.57 Å². The Bertz CT molecular complexity index is 667. The summed E-state index contributed by atoms with van der Waals surface area (Å²) < 4.78 is 1.83. The van der Waals surface area contributed by atoms with Crippen LogP contribution in [0.4, 0.5) is 0 Å². The lowest BCUT2D eigenvalue weighted by Gasteiger charge is -2.19.